The Kier molecular flexibility index (Phi) is 2.81. The second-order valence-corrected chi connectivity index (χ2v) is 4.79. The van der Waals surface area contributed by atoms with E-state index in [-0.39, 0.29) is 0 Å². The molecule has 0 saturated carbocycles. The van der Waals surface area contributed by atoms with E-state index in [0.29, 0.717) is 0 Å². The zero-order valence-corrected chi connectivity index (χ0v) is 10.3. The number of rotatable bonds is 1. The number of fused-ring (bicyclic) bond motifs is 1. The third-order valence-corrected chi connectivity index (χ3v) is 3.58. The van der Waals surface area contributed by atoms with Crippen LogP contribution < -0.4 is 4.90 Å². The van der Waals surface area contributed by atoms with E-state index in [1.54, 1.807) is 6.33 Å². The number of aromatic nitrogens is 2. The number of allylic oxidation sites excluding steroid dienone is 1. The largest absolute Gasteiger partial charge is 0.353 e. The van der Waals surface area contributed by atoms with Gasteiger partial charge in [0.05, 0.1) is 5.69 Å². The lowest BCUT2D eigenvalue weighted by Gasteiger charge is -2.34. The van der Waals surface area contributed by atoms with Crippen LogP contribution in [0.25, 0.3) is 6.08 Å². The maximum absolute atomic E-state index is 4.49. The van der Waals surface area contributed by atoms with Crippen LogP contribution in [0.2, 0.25) is 0 Å². The van der Waals surface area contributed by atoms with Crippen LogP contribution in [0.4, 0.5) is 5.82 Å². The summed E-state index contributed by atoms with van der Waals surface area (Å²) in [5.41, 5.74) is 2.44. The second-order valence-electron chi connectivity index (χ2n) is 4.79. The van der Waals surface area contributed by atoms with Gasteiger partial charge >= 0.3 is 0 Å². The topological polar surface area (TPSA) is 32.3 Å². The van der Waals surface area contributed by atoms with Gasteiger partial charge in [0.15, 0.2) is 0 Å². The minimum Gasteiger partial charge on any atom is -0.353 e. The van der Waals surface area contributed by atoms with Crippen molar-refractivity contribution in [2.45, 2.75) is 12.8 Å². The van der Waals surface area contributed by atoms with Crippen molar-refractivity contribution < 1.29 is 0 Å². The molecule has 17 heavy (non-hydrogen) atoms. The van der Waals surface area contributed by atoms with E-state index in [4.69, 9.17) is 0 Å². The highest BCUT2D eigenvalue weighted by Gasteiger charge is 2.20. The number of piperazine rings is 1. The fraction of sp³-hybridized carbons (Fsp3) is 0.538. The zero-order chi connectivity index (χ0) is 11.7. The van der Waals surface area contributed by atoms with E-state index in [1.807, 2.05) is 0 Å². The van der Waals surface area contributed by atoms with Crippen molar-refractivity contribution in [2.24, 2.45) is 0 Å². The van der Waals surface area contributed by atoms with E-state index in [2.05, 4.69) is 39.0 Å². The Morgan fingerprint density at radius 3 is 2.76 bits per heavy atom. The molecule has 90 valence electrons. The molecule has 4 nitrogen and oxygen atoms in total. The summed E-state index contributed by atoms with van der Waals surface area (Å²) in [6.45, 7) is 4.35. The summed E-state index contributed by atoms with van der Waals surface area (Å²) >= 11 is 0. The highest BCUT2D eigenvalue weighted by Crippen LogP contribution is 2.26. The highest BCUT2D eigenvalue weighted by molar-refractivity contribution is 5.67. The van der Waals surface area contributed by atoms with Gasteiger partial charge in [-0.25, -0.2) is 9.97 Å². The molecule has 0 aromatic carbocycles. The summed E-state index contributed by atoms with van der Waals surface area (Å²) in [6, 6.07) is 0. The predicted octanol–water partition coefficient (Wildman–Crippen LogP) is 1.19. The number of hydrogen-bond acceptors (Lipinski definition) is 4. The van der Waals surface area contributed by atoms with Crippen LogP contribution in [0.15, 0.2) is 12.4 Å². The molecule has 0 bridgehead atoms. The van der Waals surface area contributed by atoms with Gasteiger partial charge in [-0.3, -0.25) is 0 Å². The van der Waals surface area contributed by atoms with E-state index in [9.17, 15) is 0 Å². The molecule has 0 spiro atoms. The van der Waals surface area contributed by atoms with Crippen LogP contribution in [0.1, 0.15) is 17.7 Å². The van der Waals surface area contributed by atoms with Crippen molar-refractivity contribution in [3.63, 3.8) is 0 Å². The average Bonchev–Trinajstić information content (AvgIpc) is 2.39. The lowest BCUT2D eigenvalue weighted by atomic mass is 10.0. The molecule has 1 fully saturated rings. The Hall–Kier alpha value is -1.42. The molecule has 0 unspecified atom stereocenters. The summed E-state index contributed by atoms with van der Waals surface area (Å²) in [6.07, 6.45) is 8.28. The third-order valence-electron chi connectivity index (χ3n) is 3.58. The summed E-state index contributed by atoms with van der Waals surface area (Å²) in [5, 5.41) is 0. The highest BCUT2D eigenvalue weighted by atomic mass is 15.3. The number of nitrogens with zero attached hydrogens (tertiary/aromatic N) is 4. The molecular formula is C13H18N4. The van der Waals surface area contributed by atoms with E-state index >= 15 is 0 Å². The maximum Gasteiger partial charge on any atom is 0.139 e. The number of hydrogen-bond donors (Lipinski definition) is 0. The molecule has 1 aliphatic heterocycles. The predicted molar refractivity (Wildman–Crippen MR) is 69.1 cm³/mol. The first-order chi connectivity index (χ1) is 8.34. The first-order valence-corrected chi connectivity index (χ1v) is 6.28. The molecule has 3 rings (SSSR count). The summed E-state index contributed by atoms with van der Waals surface area (Å²) in [4.78, 5) is 13.6. The van der Waals surface area contributed by atoms with Crippen LogP contribution in [0, 0.1) is 0 Å². The van der Waals surface area contributed by atoms with Crippen molar-refractivity contribution in [3.8, 4) is 0 Å². The van der Waals surface area contributed by atoms with E-state index in [1.165, 1.54) is 11.3 Å². The lowest BCUT2D eigenvalue weighted by molar-refractivity contribution is 0.312. The Bertz CT molecular complexity index is 433. The van der Waals surface area contributed by atoms with Gasteiger partial charge in [-0.05, 0) is 19.9 Å². The fourth-order valence-electron chi connectivity index (χ4n) is 2.48. The average molecular weight is 230 g/mol. The van der Waals surface area contributed by atoms with E-state index < -0.39 is 0 Å². The van der Waals surface area contributed by atoms with Gasteiger partial charge in [0, 0.05) is 31.7 Å². The summed E-state index contributed by atoms with van der Waals surface area (Å²) in [5.74, 6) is 1.12. The number of likely N-dealkylation sites (N-methyl/N-ethyl adjacent to an activating group) is 1. The molecule has 1 saturated heterocycles. The molecule has 0 amide bonds. The molecule has 0 atom stereocenters. The molecule has 0 N–H and O–H groups in total. The molecule has 2 aliphatic rings. The second kappa shape index (κ2) is 4.45. The first-order valence-electron chi connectivity index (χ1n) is 6.28. The maximum atomic E-state index is 4.49. The molecule has 1 aliphatic carbocycles. The SMILES string of the molecule is CN1CCN(c2ncnc3c2C=CCC3)CC1. The third kappa shape index (κ3) is 2.05. The Balaban J connectivity index is 1.91. The number of anilines is 1. The van der Waals surface area contributed by atoms with Crippen molar-refractivity contribution in [1.82, 2.24) is 14.9 Å². The Morgan fingerprint density at radius 1 is 1.12 bits per heavy atom. The minimum absolute atomic E-state index is 1.05. The van der Waals surface area contributed by atoms with Gasteiger partial charge in [0.1, 0.15) is 12.1 Å². The smallest absolute Gasteiger partial charge is 0.139 e. The van der Waals surface area contributed by atoms with Gasteiger partial charge in [0.2, 0.25) is 0 Å². The molecule has 1 aromatic rings. The molecular weight excluding hydrogens is 212 g/mol. The standard InChI is InChI=1S/C13H18N4/c1-16-6-8-17(9-7-16)13-11-4-2-3-5-12(11)14-10-15-13/h2,4,10H,3,5-9H2,1H3. The normalized spacial score (nSPS) is 20.4. The van der Waals surface area contributed by atoms with Crippen LogP contribution >= 0.6 is 0 Å². The zero-order valence-electron chi connectivity index (χ0n) is 10.3. The van der Waals surface area contributed by atoms with Gasteiger partial charge in [-0.2, -0.15) is 0 Å². The van der Waals surface area contributed by atoms with Crippen molar-refractivity contribution >= 4 is 11.9 Å². The van der Waals surface area contributed by atoms with Gasteiger partial charge in [-0.15, -0.1) is 0 Å². The first kappa shape index (κ1) is 10.7. The quantitative estimate of drug-likeness (QED) is 0.725. The molecule has 0 radical (unpaired) electrons. The minimum atomic E-state index is 1.05. The van der Waals surface area contributed by atoms with Crippen LogP contribution in [-0.4, -0.2) is 48.1 Å². The van der Waals surface area contributed by atoms with Crippen LogP contribution in [-0.2, 0) is 6.42 Å². The van der Waals surface area contributed by atoms with E-state index in [0.717, 1.165) is 44.8 Å². The number of aryl methyl sites for hydroxylation is 1. The Morgan fingerprint density at radius 2 is 1.94 bits per heavy atom. The fourth-order valence-corrected chi connectivity index (χ4v) is 2.48. The van der Waals surface area contributed by atoms with Crippen LogP contribution in [0.3, 0.4) is 0 Å². The molecule has 2 heterocycles. The van der Waals surface area contributed by atoms with Gasteiger partial charge in [-0.1, -0.05) is 12.2 Å². The van der Waals surface area contributed by atoms with Crippen LogP contribution in [0.5, 0.6) is 0 Å². The van der Waals surface area contributed by atoms with Gasteiger partial charge < -0.3 is 9.80 Å². The Labute approximate surface area is 102 Å². The van der Waals surface area contributed by atoms with Crippen molar-refractivity contribution in [3.05, 3.63) is 23.7 Å². The summed E-state index contributed by atoms with van der Waals surface area (Å²) < 4.78 is 0. The monoisotopic (exact) mass is 230 g/mol. The van der Waals surface area contributed by atoms with Crippen molar-refractivity contribution in [1.29, 1.82) is 0 Å². The lowest BCUT2D eigenvalue weighted by Crippen LogP contribution is -2.45. The summed E-state index contributed by atoms with van der Waals surface area (Å²) in [7, 11) is 2.17. The van der Waals surface area contributed by atoms with Crippen molar-refractivity contribution in [2.75, 3.05) is 38.1 Å². The molecule has 1 aromatic heterocycles. The van der Waals surface area contributed by atoms with Gasteiger partial charge in [0.25, 0.3) is 0 Å². The molecule has 4 heteroatoms.